The SMILES string of the molecule is CC=Nc1ccc(Nc2ccc(C)n2C)cc1C. The Balaban J connectivity index is 2.25. The van der Waals surface area contributed by atoms with Crippen LogP contribution in [-0.4, -0.2) is 10.8 Å². The second-order valence-corrected chi connectivity index (χ2v) is 4.43. The lowest BCUT2D eigenvalue weighted by atomic mass is 10.2. The molecule has 0 amide bonds. The number of aryl methyl sites for hydroxylation is 2. The van der Waals surface area contributed by atoms with Crippen molar-refractivity contribution in [1.29, 1.82) is 0 Å². The van der Waals surface area contributed by atoms with E-state index in [-0.39, 0.29) is 0 Å². The third kappa shape index (κ3) is 2.45. The van der Waals surface area contributed by atoms with Gasteiger partial charge in [-0.1, -0.05) is 0 Å². The summed E-state index contributed by atoms with van der Waals surface area (Å²) in [5.74, 6) is 1.10. The molecule has 0 atom stereocenters. The summed E-state index contributed by atoms with van der Waals surface area (Å²) < 4.78 is 2.13. The number of anilines is 2. The molecule has 0 aliphatic heterocycles. The second-order valence-electron chi connectivity index (χ2n) is 4.43. The van der Waals surface area contributed by atoms with Crippen LogP contribution in [0.15, 0.2) is 35.3 Å². The first-order valence-corrected chi connectivity index (χ1v) is 6.10. The number of hydrogen-bond acceptors (Lipinski definition) is 2. The maximum Gasteiger partial charge on any atom is 0.110 e. The molecule has 1 heterocycles. The van der Waals surface area contributed by atoms with Crippen molar-refractivity contribution in [1.82, 2.24) is 4.57 Å². The van der Waals surface area contributed by atoms with Crippen LogP contribution in [0.3, 0.4) is 0 Å². The summed E-state index contributed by atoms with van der Waals surface area (Å²) in [6.07, 6.45) is 1.82. The van der Waals surface area contributed by atoms with Crippen LogP contribution in [0.5, 0.6) is 0 Å². The lowest BCUT2D eigenvalue weighted by Crippen LogP contribution is -1.99. The lowest BCUT2D eigenvalue weighted by Gasteiger charge is -2.10. The van der Waals surface area contributed by atoms with Crippen molar-refractivity contribution in [2.24, 2.45) is 12.0 Å². The number of nitrogens with zero attached hydrogens (tertiary/aromatic N) is 2. The predicted octanol–water partition coefficient (Wildman–Crippen LogP) is 4.11. The summed E-state index contributed by atoms with van der Waals surface area (Å²) in [5, 5.41) is 3.41. The van der Waals surface area contributed by atoms with E-state index >= 15 is 0 Å². The maximum atomic E-state index is 4.32. The van der Waals surface area contributed by atoms with E-state index in [4.69, 9.17) is 0 Å². The molecule has 0 aliphatic carbocycles. The molecule has 3 heteroatoms. The number of hydrogen-bond donors (Lipinski definition) is 1. The zero-order valence-electron chi connectivity index (χ0n) is 11.4. The van der Waals surface area contributed by atoms with Gasteiger partial charge in [0, 0.05) is 24.6 Å². The van der Waals surface area contributed by atoms with E-state index in [1.807, 2.05) is 19.2 Å². The lowest BCUT2D eigenvalue weighted by molar-refractivity contribution is 0.891. The van der Waals surface area contributed by atoms with Crippen LogP contribution in [0.4, 0.5) is 17.2 Å². The van der Waals surface area contributed by atoms with Crippen LogP contribution in [-0.2, 0) is 7.05 Å². The van der Waals surface area contributed by atoms with E-state index in [1.54, 1.807) is 0 Å². The number of aromatic nitrogens is 1. The molecule has 2 rings (SSSR count). The van der Waals surface area contributed by atoms with Gasteiger partial charge in [-0.15, -0.1) is 0 Å². The maximum absolute atomic E-state index is 4.32. The minimum absolute atomic E-state index is 1.02. The summed E-state index contributed by atoms with van der Waals surface area (Å²) in [6, 6.07) is 10.4. The molecule has 0 radical (unpaired) electrons. The van der Waals surface area contributed by atoms with E-state index in [9.17, 15) is 0 Å². The van der Waals surface area contributed by atoms with Crippen molar-refractivity contribution in [2.75, 3.05) is 5.32 Å². The Morgan fingerprint density at radius 2 is 1.94 bits per heavy atom. The van der Waals surface area contributed by atoms with Gasteiger partial charge in [0.15, 0.2) is 0 Å². The fourth-order valence-corrected chi connectivity index (χ4v) is 1.90. The molecule has 0 saturated heterocycles. The highest BCUT2D eigenvalue weighted by Gasteiger charge is 2.03. The van der Waals surface area contributed by atoms with Crippen molar-refractivity contribution in [3.8, 4) is 0 Å². The van der Waals surface area contributed by atoms with Gasteiger partial charge in [-0.25, -0.2) is 0 Å². The molecule has 0 spiro atoms. The van der Waals surface area contributed by atoms with Crippen LogP contribution >= 0.6 is 0 Å². The molecule has 0 aliphatic rings. The van der Waals surface area contributed by atoms with Crippen LogP contribution in [0, 0.1) is 13.8 Å². The van der Waals surface area contributed by atoms with Crippen molar-refractivity contribution >= 4 is 23.4 Å². The zero-order chi connectivity index (χ0) is 13.1. The molecule has 0 saturated carbocycles. The monoisotopic (exact) mass is 241 g/mol. The van der Waals surface area contributed by atoms with Crippen molar-refractivity contribution < 1.29 is 0 Å². The van der Waals surface area contributed by atoms with E-state index < -0.39 is 0 Å². The molecule has 1 aromatic heterocycles. The van der Waals surface area contributed by atoms with E-state index in [2.05, 4.69) is 60.0 Å². The largest absolute Gasteiger partial charge is 0.342 e. The number of nitrogens with one attached hydrogen (secondary N) is 1. The van der Waals surface area contributed by atoms with Crippen LogP contribution in [0.25, 0.3) is 0 Å². The van der Waals surface area contributed by atoms with Gasteiger partial charge in [-0.05, 0) is 56.7 Å². The van der Waals surface area contributed by atoms with E-state index in [0.717, 1.165) is 17.2 Å². The first-order valence-electron chi connectivity index (χ1n) is 6.10. The van der Waals surface area contributed by atoms with Gasteiger partial charge in [0.25, 0.3) is 0 Å². The van der Waals surface area contributed by atoms with Crippen molar-refractivity contribution in [3.63, 3.8) is 0 Å². The molecular formula is C15H19N3. The van der Waals surface area contributed by atoms with Crippen molar-refractivity contribution in [2.45, 2.75) is 20.8 Å². The molecule has 1 N–H and O–H groups in total. The smallest absolute Gasteiger partial charge is 0.110 e. The predicted molar refractivity (Wildman–Crippen MR) is 78.4 cm³/mol. The highest BCUT2D eigenvalue weighted by molar-refractivity contribution is 5.67. The summed E-state index contributed by atoms with van der Waals surface area (Å²) >= 11 is 0. The number of aliphatic imine (C=N–C) groups is 1. The van der Waals surface area contributed by atoms with Crippen LogP contribution < -0.4 is 5.32 Å². The third-order valence-corrected chi connectivity index (χ3v) is 3.11. The van der Waals surface area contributed by atoms with Crippen molar-refractivity contribution in [3.05, 3.63) is 41.6 Å². The molecule has 2 aromatic rings. The summed E-state index contributed by atoms with van der Waals surface area (Å²) in [5.41, 5.74) is 4.51. The number of benzene rings is 1. The van der Waals surface area contributed by atoms with Gasteiger partial charge in [0.1, 0.15) is 5.82 Å². The topological polar surface area (TPSA) is 29.3 Å². The highest BCUT2D eigenvalue weighted by Crippen LogP contribution is 2.25. The van der Waals surface area contributed by atoms with Gasteiger partial charge in [-0.3, -0.25) is 4.99 Å². The summed E-state index contributed by atoms with van der Waals surface area (Å²) in [4.78, 5) is 4.32. The van der Waals surface area contributed by atoms with E-state index in [0.29, 0.717) is 0 Å². The Hall–Kier alpha value is -2.03. The Bertz CT molecular complexity index is 579. The van der Waals surface area contributed by atoms with Gasteiger partial charge in [0.2, 0.25) is 0 Å². The normalized spacial score (nSPS) is 11.1. The fourth-order valence-electron chi connectivity index (χ4n) is 1.90. The minimum Gasteiger partial charge on any atom is -0.342 e. The van der Waals surface area contributed by atoms with Gasteiger partial charge in [0.05, 0.1) is 5.69 Å². The average molecular weight is 241 g/mol. The molecule has 0 bridgehead atoms. The summed E-state index contributed by atoms with van der Waals surface area (Å²) in [7, 11) is 2.06. The highest BCUT2D eigenvalue weighted by atomic mass is 15.1. The first-order chi connectivity index (χ1) is 8.61. The molecule has 1 aromatic carbocycles. The summed E-state index contributed by atoms with van der Waals surface area (Å²) in [6.45, 7) is 6.09. The minimum atomic E-state index is 1.02. The first kappa shape index (κ1) is 12.4. The molecule has 3 nitrogen and oxygen atoms in total. The Morgan fingerprint density at radius 1 is 1.17 bits per heavy atom. The van der Waals surface area contributed by atoms with Gasteiger partial charge < -0.3 is 9.88 Å². The molecule has 0 unspecified atom stereocenters. The fraction of sp³-hybridized carbons (Fsp3) is 0.267. The quantitative estimate of drug-likeness (QED) is 0.805. The molecule has 0 fully saturated rings. The zero-order valence-corrected chi connectivity index (χ0v) is 11.4. The van der Waals surface area contributed by atoms with E-state index in [1.165, 1.54) is 11.3 Å². The Kier molecular flexibility index (Phi) is 3.51. The molecule has 18 heavy (non-hydrogen) atoms. The van der Waals surface area contributed by atoms with Gasteiger partial charge in [-0.2, -0.15) is 0 Å². The standard InChI is InChI=1S/C15H19N3/c1-5-16-14-8-7-13(10-11(14)2)17-15-9-6-12(3)18(15)4/h5-10,17H,1-4H3. The Morgan fingerprint density at radius 3 is 2.50 bits per heavy atom. The van der Waals surface area contributed by atoms with Crippen LogP contribution in [0.2, 0.25) is 0 Å². The second kappa shape index (κ2) is 5.08. The molecule has 94 valence electrons. The van der Waals surface area contributed by atoms with Gasteiger partial charge >= 0.3 is 0 Å². The average Bonchev–Trinajstić information content (AvgIpc) is 2.65. The molecular weight excluding hydrogens is 222 g/mol. The Labute approximate surface area is 108 Å². The number of rotatable bonds is 3. The third-order valence-electron chi connectivity index (χ3n) is 3.11. The van der Waals surface area contributed by atoms with Crippen LogP contribution in [0.1, 0.15) is 18.2 Å².